The number of aryl methyl sites for hydroxylation is 2. The van der Waals surface area contributed by atoms with Gasteiger partial charge >= 0.3 is 0 Å². The predicted octanol–water partition coefficient (Wildman–Crippen LogP) is 3.80. The highest BCUT2D eigenvalue weighted by Gasteiger charge is 2.19. The highest BCUT2D eigenvalue weighted by Crippen LogP contribution is 2.28. The second-order valence-corrected chi connectivity index (χ2v) is 8.25. The van der Waals surface area contributed by atoms with Gasteiger partial charge in [0.25, 0.3) is 0 Å². The van der Waals surface area contributed by atoms with E-state index in [4.69, 9.17) is 9.97 Å². The van der Waals surface area contributed by atoms with Gasteiger partial charge < -0.3 is 15.2 Å². The molecule has 1 aliphatic heterocycles. The summed E-state index contributed by atoms with van der Waals surface area (Å²) in [5, 5.41) is 3.99. The molecule has 2 aromatic heterocycles. The second kappa shape index (κ2) is 8.53. The van der Waals surface area contributed by atoms with Crippen LogP contribution < -0.4 is 10.2 Å². The number of rotatable bonds is 6. The maximum absolute atomic E-state index is 13.3. The van der Waals surface area contributed by atoms with Gasteiger partial charge in [0.1, 0.15) is 17.5 Å². The molecule has 0 bridgehead atoms. The topological polar surface area (TPSA) is 86.8 Å². The number of amides is 1. The molecule has 0 aliphatic carbocycles. The number of nitrogens with one attached hydrogen (secondary N) is 2. The molecule has 0 spiro atoms. The van der Waals surface area contributed by atoms with Crippen molar-refractivity contribution in [2.45, 2.75) is 39.2 Å². The van der Waals surface area contributed by atoms with Crippen LogP contribution in [0.5, 0.6) is 0 Å². The Bertz CT molecular complexity index is 1290. The molecule has 0 unspecified atom stereocenters. The lowest BCUT2D eigenvalue weighted by atomic mass is 10.1. The molecule has 164 valence electrons. The summed E-state index contributed by atoms with van der Waals surface area (Å²) in [7, 11) is 0. The number of halogens is 1. The molecular weight excluding hydrogens is 407 g/mol. The van der Waals surface area contributed by atoms with E-state index in [0.717, 1.165) is 48.2 Å². The van der Waals surface area contributed by atoms with Gasteiger partial charge in [0.05, 0.1) is 23.1 Å². The van der Waals surface area contributed by atoms with Gasteiger partial charge in [-0.05, 0) is 49.6 Å². The van der Waals surface area contributed by atoms with Crippen molar-refractivity contribution in [3.05, 3.63) is 59.4 Å². The Kier molecular flexibility index (Phi) is 5.43. The number of H-pyrrole nitrogens is 1. The van der Waals surface area contributed by atoms with E-state index in [9.17, 15) is 9.18 Å². The molecule has 1 aliphatic rings. The zero-order chi connectivity index (χ0) is 22.1. The van der Waals surface area contributed by atoms with Gasteiger partial charge in [-0.15, -0.1) is 0 Å². The number of hydrogen-bond acceptors (Lipinski definition) is 5. The van der Waals surface area contributed by atoms with Gasteiger partial charge in [-0.25, -0.2) is 19.3 Å². The van der Waals surface area contributed by atoms with Crippen molar-refractivity contribution in [3.63, 3.8) is 0 Å². The Balaban J connectivity index is 1.27. The van der Waals surface area contributed by atoms with E-state index in [1.807, 2.05) is 19.1 Å². The van der Waals surface area contributed by atoms with E-state index >= 15 is 0 Å². The van der Waals surface area contributed by atoms with E-state index in [0.29, 0.717) is 29.1 Å². The van der Waals surface area contributed by atoms with Crippen LogP contribution in [0.1, 0.15) is 36.5 Å². The van der Waals surface area contributed by atoms with Crippen molar-refractivity contribution in [1.82, 2.24) is 25.3 Å². The summed E-state index contributed by atoms with van der Waals surface area (Å²) in [5.41, 5.74) is 3.35. The Hall–Kier alpha value is -3.55. The molecule has 5 rings (SSSR count). The van der Waals surface area contributed by atoms with Crippen molar-refractivity contribution in [1.29, 1.82) is 0 Å². The first-order valence-electron chi connectivity index (χ1n) is 11.0. The fourth-order valence-corrected chi connectivity index (χ4v) is 4.22. The van der Waals surface area contributed by atoms with Crippen LogP contribution in [0.15, 0.2) is 36.4 Å². The number of nitrogens with zero attached hydrogens (tertiary/aromatic N) is 4. The molecule has 32 heavy (non-hydrogen) atoms. The number of aromatic nitrogens is 4. The Labute approximate surface area is 185 Å². The molecule has 3 heterocycles. The number of aromatic amines is 1. The fraction of sp³-hybridized carbons (Fsp3) is 0.333. The van der Waals surface area contributed by atoms with Crippen LogP contribution in [0.3, 0.4) is 0 Å². The third kappa shape index (κ3) is 4.12. The normalized spacial score (nSPS) is 13.9. The SMILES string of the molecule is Cc1cccc2c(N3CCCC3)nc(CNC(=O)CCc3nc4ccc(F)cc4[nH]3)nc12. The number of anilines is 1. The van der Waals surface area contributed by atoms with Gasteiger partial charge in [0, 0.05) is 31.3 Å². The first-order valence-corrected chi connectivity index (χ1v) is 11.0. The Morgan fingerprint density at radius 3 is 2.84 bits per heavy atom. The van der Waals surface area contributed by atoms with Gasteiger partial charge in [-0.1, -0.05) is 12.1 Å². The number of hydrogen-bond donors (Lipinski definition) is 2. The third-order valence-electron chi connectivity index (χ3n) is 5.89. The van der Waals surface area contributed by atoms with E-state index in [1.165, 1.54) is 12.1 Å². The smallest absolute Gasteiger partial charge is 0.220 e. The molecule has 0 atom stereocenters. The summed E-state index contributed by atoms with van der Waals surface area (Å²) in [6.07, 6.45) is 3.04. The maximum Gasteiger partial charge on any atom is 0.220 e. The monoisotopic (exact) mass is 432 g/mol. The zero-order valence-corrected chi connectivity index (χ0v) is 18.0. The van der Waals surface area contributed by atoms with Gasteiger partial charge in [0.2, 0.25) is 5.91 Å². The Morgan fingerprint density at radius 2 is 2.00 bits per heavy atom. The summed E-state index contributed by atoms with van der Waals surface area (Å²) < 4.78 is 13.3. The van der Waals surface area contributed by atoms with Crippen LogP contribution in [0.2, 0.25) is 0 Å². The van der Waals surface area contributed by atoms with E-state index in [-0.39, 0.29) is 24.7 Å². The number of benzene rings is 2. The zero-order valence-electron chi connectivity index (χ0n) is 18.0. The van der Waals surface area contributed by atoms with E-state index in [2.05, 4.69) is 26.3 Å². The number of carbonyl (C=O) groups excluding carboxylic acids is 1. The third-order valence-corrected chi connectivity index (χ3v) is 5.89. The van der Waals surface area contributed by atoms with Crippen molar-refractivity contribution >= 4 is 33.7 Å². The fourth-order valence-electron chi connectivity index (χ4n) is 4.22. The largest absolute Gasteiger partial charge is 0.356 e. The molecule has 0 saturated carbocycles. The van der Waals surface area contributed by atoms with E-state index < -0.39 is 0 Å². The quantitative estimate of drug-likeness (QED) is 0.484. The minimum absolute atomic E-state index is 0.104. The van der Waals surface area contributed by atoms with Crippen LogP contribution in [0.25, 0.3) is 21.9 Å². The lowest BCUT2D eigenvalue weighted by Gasteiger charge is -2.20. The second-order valence-electron chi connectivity index (χ2n) is 8.25. The first kappa shape index (κ1) is 20.4. The standard InChI is InChI=1S/C24H25FN6O/c1-15-5-4-6-17-23(15)29-21(30-24(17)31-11-2-3-12-31)14-26-22(32)10-9-20-27-18-8-7-16(25)13-19(18)28-20/h4-8,13H,2-3,9-12,14H2,1H3,(H,26,32)(H,27,28). The summed E-state index contributed by atoms with van der Waals surface area (Å²) >= 11 is 0. The molecule has 1 saturated heterocycles. The van der Waals surface area contributed by atoms with Gasteiger partial charge in [0.15, 0.2) is 5.82 Å². The molecule has 2 aromatic carbocycles. The summed E-state index contributed by atoms with van der Waals surface area (Å²) in [6.45, 7) is 4.31. The molecular formula is C24H25FN6O. The van der Waals surface area contributed by atoms with Crippen LogP contribution in [0.4, 0.5) is 10.2 Å². The van der Waals surface area contributed by atoms with Crippen LogP contribution >= 0.6 is 0 Å². The average molecular weight is 433 g/mol. The lowest BCUT2D eigenvalue weighted by molar-refractivity contribution is -0.121. The molecule has 4 aromatic rings. The van der Waals surface area contributed by atoms with Crippen LogP contribution in [0, 0.1) is 12.7 Å². The van der Waals surface area contributed by atoms with Crippen molar-refractivity contribution < 1.29 is 9.18 Å². The first-order chi connectivity index (χ1) is 15.6. The Morgan fingerprint density at radius 1 is 1.16 bits per heavy atom. The summed E-state index contributed by atoms with van der Waals surface area (Å²) in [4.78, 5) is 31.8. The van der Waals surface area contributed by atoms with Crippen molar-refractivity contribution in [2.75, 3.05) is 18.0 Å². The minimum Gasteiger partial charge on any atom is -0.356 e. The average Bonchev–Trinajstić information content (AvgIpc) is 3.46. The number of para-hydroxylation sites is 1. The van der Waals surface area contributed by atoms with Crippen LogP contribution in [-0.4, -0.2) is 38.9 Å². The maximum atomic E-state index is 13.3. The highest BCUT2D eigenvalue weighted by molar-refractivity contribution is 5.91. The number of fused-ring (bicyclic) bond motifs is 2. The minimum atomic E-state index is -0.315. The van der Waals surface area contributed by atoms with Gasteiger partial charge in [-0.3, -0.25) is 4.79 Å². The molecule has 7 nitrogen and oxygen atoms in total. The summed E-state index contributed by atoms with van der Waals surface area (Å²) in [6, 6.07) is 10.6. The summed E-state index contributed by atoms with van der Waals surface area (Å²) in [5.74, 6) is 1.81. The predicted molar refractivity (Wildman–Crippen MR) is 122 cm³/mol. The highest BCUT2D eigenvalue weighted by atomic mass is 19.1. The number of carbonyl (C=O) groups is 1. The van der Waals surface area contributed by atoms with Crippen molar-refractivity contribution in [3.8, 4) is 0 Å². The molecule has 8 heteroatoms. The molecule has 2 N–H and O–H groups in total. The van der Waals surface area contributed by atoms with Crippen LogP contribution in [-0.2, 0) is 17.8 Å². The van der Waals surface area contributed by atoms with Crippen molar-refractivity contribution in [2.24, 2.45) is 0 Å². The van der Waals surface area contributed by atoms with E-state index in [1.54, 1.807) is 6.07 Å². The molecule has 1 fully saturated rings. The van der Waals surface area contributed by atoms with Gasteiger partial charge in [-0.2, -0.15) is 0 Å². The number of imidazole rings is 1. The molecule has 0 radical (unpaired) electrons. The lowest BCUT2D eigenvalue weighted by Crippen LogP contribution is -2.26. The molecule has 1 amide bonds.